The number of aliphatic hydroxyl groups excluding tert-OH is 1. The second-order valence-electron chi connectivity index (χ2n) is 8.94. The van der Waals surface area contributed by atoms with Crippen LogP contribution in [0.3, 0.4) is 0 Å². The highest BCUT2D eigenvalue weighted by Crippen LogP contribution is 2.36. The Kier molecular flexibility index (Phi) is 8.78. The van der Waals surface area contributed by atoms with Crippen LogP contribution in [0.1, 0.15) is 59.8 Å². The Hall–Kier alpha value is -1.57. The van der Waals surface area contributed by atoms with Crippen molar-refractivity contribution < 1.29 is 9.53 Å². The van der Waals surface area contributed by atoms with E-state index in [1.165, 1.54) is 5.57 Å². The normalized spacial score (nSPS) is 31.2. The fraction of sp³-hybridized carbons (Fsp3) is 0.609. The summed E-state index contributed by atoms with van der Waals surface area (Å²) in [6.07, 6.45) is 12.0. The van der Waals surface area contributed by atoms with Crippen molar-refractivity contribution in [3.63, 3.8) is 0 Å². The molecule has 0 radical (unpaired) electrons. The Morgan fingerprint density at radius 2 is 1.70 bits per heavy atom. The van der Waals surface area contributed by atoms with Crippen LogP contribution in [0.4, 0.5) is 0 Å². The molecule has 1 aliphatic carbocycles. The van der Waals surface area contributed by atoms with E-state index < -0.39 is 13.9 Å². The van der Waals surface area contributed by atoms with Gasteiger partial charge in [0.1, 0.15) is 6.07 Å². The van der Waals surface area contributed by atoms with Gasteiger partial charge in [-0.05, 0) is 70.3 Å². The number of nitriles is 1. The van der Waals surface area contributed by atoms with Gasteiger partial charge in [0.15, 0.2) is 13.9 Å². The molecule has 150 valence electrons. The van der Waals surface area contributed by atoms with Crippen LogP contribution in [-0.4, -0.2) is 19.0 Å². The Bertz CT molecular complexity index is 671. The van der Waals surface area contributed by atoms with Gasteiger partial charge in [-0.1, -0.05) is 43.2 Å². The van der Waals surface area contributed by atoms with Gasteiger partial charge in [-0.2, -0.15) is 5.26 Å². The third-order valence-corrected chi connectivity index (χ3v) is 5.60. The largest absolute Gasteiger partial charge is 0.513 e. The lowest BCUT2D eigenvalue weighted by Gasteiger charge is -2.37. The van der Waals surface area contributed by atoms with E-state index in [0.717, 1.165) is 30.4 Å². The molecule has 0 amide bonds. The van der Waals surface area contributed by atoms with Crippen LogP contribution in [0.15, 0.2) is 46.8 Å². The van der Waals surface area contributed by atoms with Gasteiger partial charge >= 0.3 is 0 Å². The summed E-state index contributed by atoms with van der Waals surface area (Å²) in [4.78, 5) is 0. The van der Waals surface area contributed by atoms with E-state index in [0.29, 0.717) is 18.6 Å². The van der Waals surface area contributed by atoms with Gasteiger partial charge in [0.05, 0.1) is 5.76 Å². The zero-order chi connectivity index (χ0) is 20.7. The van der Waals surface area contributed by atoms with Crippen molar-refractivity contribution in [3.05, 3.63) is 46.8 Å². The van der Waals surface area contributed by atoms with Crippen LogP contribution in [0, 0.1) is 17.2 Å². The summed E-state index contributed by atoms with van der Waals surface area (Å²) in [6.45, 7) is 14.8. The first-order valence-electron chi connectivity index (χ1n) is 10.0. The maximum absolute atomic E-state index is 10.3. The first kappa shape index (κ1) is 23.5. The molecule has 1 N–H and O–H groups in total. The number of nitrogens with zero attached hydrogens (tertiary/aromatic N) is 1. The molecule has 0 heterocycles. The van der Waals surface area contributed by atoms with Gasteiger partial charge in [0, 0.05) is 12.8 Å². The molecule has 0 aromatic carbocycles. The predicted octanol–water partition coefficient (Wildman–Crippen LogP) is 6.98. The summed E-state index contributed by atoms with van der Waals surface area (Å²) in [5, 5.41) is 20.3. The number of rotatable bonds is 3. The van der Waals surface area contributed by atoms with E-state index in [1.807, 2.05) is 6.08 Å². The topological polar surface area (TPSA) is 53.2 Å². The molecular weight excluding hydrogens is 350 g/mol. The third-order valence-electron chi connectivity index (χ3n) is 4.64. The van der Waals surface area contributed by atoms with Crippen molar-refractivity contribution in [1.29, 1.82) is 5.26 Å². The second-order valence-corrected chi connectivity index (χ2v) is 13.4. The second kappa shape index (κ2) is 10.1. The van der Waals surface area contributed by atoms with Crippen molar-refractivity contribution in [2.75, 3.05) is 0 Å². The molecule has 0 bridgehead atoms. The van der Waals surface area contributed by atoms with Crippen LogP contribution in [0.5, 0.6) is 0 Å². The van der Waals surface area contributed by atoms with Crippen LogP contribution in [-0.2, 0) is 4.43 Å². The van der Waals surface area contributed by atoms with Gasteiger partial charge in [-0.25, -0.2) is 0 Å². The van der Waals surface area contributed by atoms with Gasteiger partial charge in [0.2, 0.25) is 0 Å². The summed E-state index contributed by atoms with van der Waals surface area (Å²) >= 11 is 0. The fourth-order valence-electron chi connectivity index (χ4n) is 3.46. The molecule has 0 aromatic rings. The zero-order valence-electron chi connectivity index (χ0n) is 18.2. The molecule has 1 unspecified atom stereocenters. The molecule has 0 aliphatic heterocycles. The third kappa shape index (κ3) is 7.90. The fourth-order valence-corrected chi connectivity index (χ4v) is 4.74. The van der Waals surface area contributed by atoms with E-state index in [-0.39, 0.29) is 5.92 Å². The molecule has 1 aliphatic rings. The molecule has 4 heteroatoms. The highest BCUT2D eigenvalue weighted by atomic mass is 28.4. The van der Waals surface area contributed by atoms with Crippen LogP contribution in [0.2, 0.25) is 19.6 Å². The maximum atomic E-state index is 10.3. The lowest BCUT2D eigenvalue weighted by atomic mass is 9.81. The summed E-state index contributed by atoms with van der Waals surface area (Å²) in [6, 6.07) is 2.55. The quantitative estimate of drug-likeness (QED) is 0.420. The number of allylic oxidation sites excluding steroid dienone is 6. The summed E-state index contributed by atoms with van der Waals surface area (Å²) in [7, 11) is -1.95. The SMILES string of the molecule is C/C1=C\C=C(/C(C)C)C(C#N)(O[Si](C)(C)C)C/C(C)=C/CC/C(O)=C/CC1. The molecule has 0 saturated heterocycles. The summed E-state index contributed by atoms with van der Waals surface area (Å²) in [5.41, 5.74) is 2.49. The molecule has 3 nitrogen and oxygen atoms in total. The number of aliphatic hydroxyl groups is 1. The lowest BCUT2D eigenvalue weighted by Crippen LogP contribution is -2.44. The van der Waals surface area contributed by atoms with Crippen LogP contribution >= 0.6 is 0 Å². The van der Waals surface area contributed by atoms with E-state index >= 15 is 0 Å². The van der Waals surface area contributed by atoms with E-state index in [1.54, 1.807) is 0 Å². The molecule has 1 atom stereocenters. The van der Waals surface area contributed by atoms with Gasteiger partial charge in [-0.15, -0.1) is 0 Å². The Labute approximate surface area is 167 Å². The Morgan fingerprint density at radius 3 is 2.26 bits per heavy atom. The molecule has 0 spiro atoms. The molecule has 0 fully saturated rings. The minimum absolute atomic E-state index is 0.217. The number of hydrogen-bond donors (Lipinski definition) is 1. The first-order chi connectivity index (χ1) is 12.5. The monoisotopic (exact) mass is 387 g/mol. The average Bonchev–Trinajstić information content (AvgIpc) is 2.52. The highest BCUT2D eigenvalue weighted by molar-refractivity contribution is 6.69. The van der Waals surface area contributed by atoms with E-state index in [2.05, 4.69) is 71.6 Å². The lowest BCUT2D eigenvalue weighted by molar-refractivity contribution is 0.147. The van der Waals surface area contributed by atoms with Crippen LogP contribution < -0.4 is 0 Å². The van der Waals surface area contributed by atoms with Crippen molar-refractivity contribution in [2.24, 2.45) is 5.92 Å². The average molecular weight is 388 g/mol. The van der Waals surface area contributed by atoms with Crippen molar-refractivity contribution in [1.82, 2.24) is 0 Å². The summed E-state index contributed by atoms with van der Waals surface area (Å²) in [5.74, 6) is 0.668. The van der Waals surface area contributed by atoms with Crippen molar-refractivity contribution in [3.8, 4) is 6.07 Å². The van der Waals surface area contributed by atoms with Crippen molar-refractivity contribution >= 4 is 8.32 Å². The summed E-state index contributed by atoms with van der Waals surface area (Å²) < 4.78 is 6.55. The van der Waals surface area contributed by atoms with Gasteiger partial charge in [-0.3, -0.25) is 0 Å². The Balaban J connectivity index is 3.51. The van der Waals surface area contributed by atoms with Crippen molar-refractivity contribution in [2.45, 2.75) is 85.0 Å². The first-order valence-corrected chi connectivity index (χ1v) is 13.4. The standard InChI is InChI=1S/C23H37NO2Si/c1-18(2)22-15-14-19(3)10-8-12-21(25)13-9-11-20(4)16-23(22,17-24)26-27(5,6)7/h11-12,14-15,18,25H,8-10,13,16H2,1-7H3/b19-14+,20-11+,21-12-,22-15+. The van der Waals surface area contributed by atoms with Crippen LogP contribution in [0.25, 0.3) is 0 Å². The van der Waals surface area contributed by atoms with E-state index in [9.17, 15) is 10.4 Å². The number of hydrogen-bond acceptors (Lipinski definition) is 3. The predicted molar refractivity (Wildman–Crippen MR) is 117 cm³/mol. The molecular formula is C23H37NO2Si. The van der Waals surface area contributed by atoms with E-state index in [4.69, 9.17) is 4.43 Å². The Morgan fingerprint density at radius 1 is 1.07 bits per heavy atom. The van der Waals surface area contributed by atoms with Gasteiger partial charge < -0.3 is 9.53 Å². The smallest absolute Gasteiger partial charge is 0.186 e. The minimum Gasteiger partial charge on any atom is -0.513 e. The molecule has 27 heavy (non-hydrogen) atoms. The molecule has 0 saturated carbocycles. The molecule has 0 aromatic heterocycles. The molecule has 1 rings (SSSR count). The zero-order valence-corrected chi connectivity index (χ0v) is 19.2. The highest BCUT2D eigenvalue weighted by Gasteiger charge is 2.40. The maximum Gasteiger partial charge on any atom is 0.186 e. The minimum atomic E-state index is -1.95. The van der Waals surface area contributed by atoms with Gasteiger partial charge in [0.25, 0.3) is 0 Å².